The number of benzene rings is 2. The number of imidazole rings is 1. The van der Waals surface area contributed by atoms with Gasteiger partial charge in [-0.15, -0.1) is 0 Å². The molecule has 0 atom stereocenters. The van der Waals surface area contributed by atoms with E-state index in [1.54, 1.807) is 4.57 Å². The summed E-state index contributed by atoms with van der Waals surface area (Å²) in [5, 5.41) is 2.88. The predicted octanol–water partition coefficient (Wildman–Crippen LogP) is 2.61. The molecular formula is C17H15F2N3O2. The van der Waals surface area contributed by atoms with Gasteiger partial charge in [-0.05, 0) is 5.56 Å². The predicted molar refractivity (Wildman–Crippen MR) is 83.9 cm³/mol. The lowest BCUT2D eigenvalue weighted by Crippen LogP contribution is -2.26. The average Bonchev–Trinajstić information content (AvgIpc) is 2.96. The van der Waals surface area contributed by atoms with E-state index in [2.05, 4.69) is 10.3 Å². The molecule has 1 aromatic heterocycles. The number of aromatic nitrogens is 2. The van der Waals surface area contributed by atoms with Crippen molar-refractivity contribution in [3.05, 3.63) is 66.0 Å². The summed E-state index contributed by atoms with van der Waals surface area (Å²) in [7, 11) is 0. The molecule has 0 spiro atoms. The van der Waals surface area contributed by atoms with E-state index >= 15 is 0 Å². The number of rotatable bonds is 6. The SMILES string of the molecule is O=C(CNCn1cnc2cc(F)c(F)cc21)OCc1ccccc1. The van der Waals surface area contributed by atoms with Crippen LogP contribution in [0.25, 0.3) is 11.0 Å². The van der Waals surface area contributed by atoms with Gasteiger partial charge in [0.1, 0.15) is 6.61 Å². The Morgan fingerprint density at radius 3 is 2.71 bits per heavy atom. The molecule has 3 rings (SSSR count). The molecule has 0 amide bonds. The third kappa shape index (κ3) is 3.75. The highest BCUT2D eigenvalue weighted by Gasteiger charge is 2.09. The minimum atomic E-state index is -0.940. The molecule has 5 nitrogen and oxygen atoms in total. The fourth-order valence-electron chi connectivity index (χ4n) is 2.25. The van der Waals surface area contributed by atoms with Crippen LogP contribution in [-0.4, -0.2) is 22.1 Å². The summed E-state index contributed by atoms with van der Waals surface area (Å²) in [6.07, 6.45) is 1.45. The van der Waals surface area contributed by atoms with Gasteiger partial charge in [-0.1, -0.05) is 30.3 Å². The first kappa shape index (κ1) is 16.1. The Morgan fingerprint density at radius 2 is 1.92 bits per heavy atom. The van der Waals surface area contributed by atoms with Gasteiger partial charge in [-0.2, -0.15) is 0 Å². The fraction of sp³-hybridized carbons (Fsp3) is 0.176. The molecule has 3 aromatic rings. The van der Waals surface area contributed by atoms with Gasteiger partial charge < -0.3 is 9.30 Å². The second-order valence-corrected chi connectivity index (χ2v) is 5.20. The maximum absolute atomic E-state index is 13.3. The van der Waals surface area contributed by atoms with Gasteiger partial charge in [0.25, 0.3) is 0 Å². The zero-order valence-electron chi connectivity index (χ0n) is 12.7. The summed E-state index contributed by atoms with van der Waals surface area (Å²) in [4.78, 5) is 15.7. The number of nitrogens with one attached hydrogen (secondary N) is 1. The molecule has 0 saturated heterocycles. The Balaban J connectivity index is 1.51. The number of hydrogen-bond acceptors (Lipinski definition) is 4. The molecular weight excluding hydrogens is 316 g/mol. The minimum Gasteiger partial charge on any atom is -0.460 e. The highest BCUT2D eigenvalue weighted by molar-refractivity contribution is 5.75. The lowest BCUT2D eigenvalue weighted by Gasteiger charge is -2.08. The van der Waals surface area contributed by atoms with E-state index in [4.69, 9.17) is 4.74 Å². The van der Waals surface area contributed by atoms with Crippen molar-refractivity contribution in [2.45, 2.75) is 13.3 Å². The van der Waals surface area contributed by atoms with Crippen molar-refractivity contribution in [2.24, 2.45) is 0 Å². The van der Waals surface area contributed by atoms with Crippen LogP contribution >= 0.6 is 0 Å². The van der Waals surface area contributed by atoms with Crippen molar-refractivity contribution in [3.8, 4) is 0 Å². The third-order valence-corrected chi connectivity index (χ3v) is 3.46. The molecule has 24 heavy (non-hydrogen) atoms. The van der Waals surface area contributed by atoms with Gasteiger partial charge in [0, 0.05) is 12.1 Å². The molecule has 1 heterocycles. The number of esters is 1. The van der Waals surface area contributed by atoms with Crippen LogP contribution in [-0.2, 0) is 22.8 Å². The number of ether oxygens (including phenoxy) is 1. The van der Waals surface area contributed by atoms with Crippen LogP contribution in [0.4, 0.5) is 8.78 Å². The van der Waals surface area contributed by atoms with Gasteiger partial charge in [0.05, 0.1) is 30.6 Å². The summed E-state index contributed by atoms with van der Waals surface area (Å²) in [5.41, 5.74) is 1.70. The quantitative estimate of drug-likeness (QED) is 0.706. The summed E-state index contributed by atoms with van der Waals surface area (Å²) in [6.45, 7) is 0.429. The standard InChI is InChI=1S/C17H15F2N3O2/c18-13-6-15-16(7-14(13)19)22(11-21-15)10-20-8-17(23)24-9-12-4-2-1-3-5-12/h1-7,11,20H,8-10H2. The molecule has 0 bridgehead atoms. The molecule has 2 aromatic carbocycles. The molecule has 0 aliphatic rings. The number of hydrogen-bond donors (Lipinski definition) is 1. The van der Waals surface area contributed by atoms with E-state index in [0.717, 1.165) is 17.7 Å². The molecule has 0 fully saturated rings. The van der Waals surface area contributed by atoms with Gasteiger partial charge in [0.15, 0.2) is 11.6 Å². The number of fused-ring (bicyclic) bond motifs is 1. The highest BCUT2D eigenvalue weighted by Crippen LogP contribution is 2.16. The Bertz CT molecular complexity index is 850. The summed E-state index contributed by atoms with van der Waals surface area (Å²) in [6, 6.07) is 11.5. The van der Waals surface area contributed by atoms with E-state index in [0.29, 0.717) is 11.0 Å². The molecule has 7 heteroatoms. The summed E-state index contributed by atoms with van der Waals surface area (Å²) < 4.78 is 33.2. The number of halogens is 2. The highest BCUT2D eigenvalue weighted by atomic mass is 19.2. The Kier molecular flexibility index (Phi) is 4.81. The molecule has 0 saturated carbocycles. The van der Waals surface area contributed by atoms with Crippen molar-refractivity contribution >= 4 is 17.0 Å². The van der Waals surface area contributed by atoms with Crippen LogP contribution in [0, 0.1) is 11.6 Å². The van der Waals surface area contributed by atoms with Gasteiger partial charge in [-0.25, -0.2) is 13.8 Å². The molecule has 124 valence electrons. The molecule has 0 aliphatic carbocycles. The maximum Gasteiger partial charge on any atom is 0.320 e. The normalized spacial score (nSPS) is 10.9. The van der Waals surface area contributed by atoms with E-state index in [1.165, 1.54) is 6.33 Å². The van der Waals surface area contributed by atoms with Crippen molar-refractivity contribution in [1.29, 1.82) is 0 Å². The van der Waals surface area contributed by atoms with E-state index < -0.39 is 17.6 Å². The number of nitrogens with zero attached hydrogens (tertiary/aromatic N) is 2. The maximum atomic E-state index is 13.3. The first-order chi connectivity index (χ1) is 11.6. The van der Waals surface area contributed by atoms with E-state index in [1.807, 2.05) is 30.3 Å². The van der Waals surface area contributed by atoms with Crippen LogP contribution < -0.4 is 5.32 Å². The van der Waals surface area contributed by atoms with Crippen LogP contribution in [0.5, 0.6) is 0 Å². The van der Waals surface area contributed by atoms with Gasteiger partial charge in [0.2, 0.25) is 0 Å². The number of carbonyl (C=O) groups is 1. The Hall–Kier alpha value is -2.80. The summed E-state index contributed by atoms with van der Waals surface area (Å²) in [5.74, 6) is -2.28. The average molecular weight is 331 g/mol. The van der Waals surface area contributed by atoms with Crippen LogP contribution in [0.3, 0.4) is 0 Å². The lowest BCUT2D eigenvalue weighted by molar-refractivity contribution is -0.143. The van der Waals surface area contributed by atoms with Crippen LogP contribution in [0.2, 0.25) is 0 Å². The summed E-state index contributed by atoms with van der Waals surface area (Å²) >= 11 is 0. The van der Waals surface area contributed by atoms with Crippen molar-refractivity contribution < 1.29 is 18.3 Å². The number of carbonyl (C=O) groups excluding carboxylic acids is 1. The van der Waals surface area contributed by atoms with Gasteiger partial charge in [-0.3, -0.25) is 10.1 Å². The second-order valence-electron chi connectivity index (χ2n) is 5.20. The smallest absolute Gasteiger partial charge is 0.320 e. The van der Waals surface area contributed by atoms with Gasteiger partial charge >= 0.3 is 5.97 Å². The van der Waals surface area contributed by atoms with E-state index in [9.17, 15) is 13.6 Å². The fourth-order valence-corrected chi connectivity index (χ4v) is 2.25. The Morgan fingerprint density at radius 1 is 1.17 bits per heavy atom. The molecule has 0 radical (unpaired) electrons. The lowest BCUT2D eigenvalue weighted by atomic mass is 10.2. The topological polar surface area (TPSA) is 56.2 Å². The largest absolute Gasteiger partial charge is 0.460 e. The van der Waals surface area contributed by atoms with Crippen LogP contribution in [0.1, 0.15) is 5.56 Å². The van der Waals surface area contributed by atoms with E-state index in [-0.39, 0.29) is 19.8 Å². The minimum absolute atomic E-state index is 0.00379. The zero-order chi connectivity index (χ0) is 16.9. The monoisotopic (exact) mass is 331 g/mol. The molecule has 0 aliphatic heterocycles. The first-order valence-corrected chi connectivity index (χ1v) is 7.33. The van der Waals surface area contributed by atoms with Crippen molar-refractivity contribution in [2.75, 3.05) is 6.54 Å². The third-order valence-electron chi connectivity index (χ3n) is 3.46. The first-order valence-electron chi connectivity index (χ1n) is 7.33. The van der Waals surface area contributed by atoms with Crippen molar-refractivity contribution in [1.82, 2.24) is 14.9 Å². The molecule has 1 N–H and O–H groups in total. The Labute approximate surface area is 136 Å². The second kappa shape index (κ2) is 7.18. The van der Waals surface area contributed by atoms with Crippen LogP contribution in [0.15, 0.2) is 48.8 Å². The molecule has 0 unspecified atom stereocenters. The van der Waals surface area contributed by atoms with Crippen molar-refractivity contribution in [3.63, 3.8) is 0 Å². The zero-order valence-corrected chi connectivity index (χ0v) is 12.7.